The van der Waals surface area contributed by atoms with Crippen LogP contribution in [0, 0.1) is 0 Å². The van der Waals surface area contributed by atoms with E-state index in [0.717, 1.165) is 25.7 Å². The molecule has 0 saturated heterocycles. The highest BCUT2D eigenvalue weighted by atomic mass is 79.9. The number of thiazole rings is 1. The molecule has 0 atom stereocenters. The van der Waals surface area contributed by atoms with Gasteiger partial charge in [-0.2, -0.15) is 0 Å². The third kappa shape index (κ3) is 2.78. The van der Waals surface area contributed by atoms with Gasteiger partial charge < -0.3 is 4.98 Å². The molecule has 0 aliphatic heterocycles. The lowest BCUT2D eigenvalue weighted by Gasteiger charge is -2.02. The molecule has 0 radical (unpaired) electrons. The van der Waals surface area contributed by atoms with E-state index in [1.807, 2.05) is 42.5 Å². The lowest BCUT2D eigenvalue weighted by molar-refractivity contribution is 0.0953. The van der Waals surface area contributed by atoms with Gasteiger partial charge in [0.15, 0.2) is 5.82 Å². The summed E-state index contributed by atoms with van der Waals surface area (Å²) in [6.45, 7) is 0. The first-order chi connectivity index (χ1) is 11.2. The van der Waals surface area contributed by atoms with Crippen molar-refractivity contribution in [3.8, 4) is 0 Å². The van der Waals surface area contributed by atoms with Crippen LogP contribution in [0.2, 0.25) is 0 Å². The van der Waals surface area contributed by atoms with Crippen LogP contribution in [0.5, 0.6) is 0 Å². The van der Waals surface area contributed by atoms with Gasteiger partial charge in [-0.3, -0.25) is 15.6 Å². The number of halogens is 1. The third-order valence-electron chi connectivity index (χ3n) is 3.24. The van der Waals surface area contributed by atoms with Crippen LogP contribution in [0.15, 0.2) is 46.9 Å². The molecule has 8 heteroatoms. The molecule has 2 aromatic carbocycles. The number of hydrogen-bond donors (Lipinski definition) is 3. The van der Waals surface area contributed by atoms with E-state index in [0.29, 0.717) is 5.13 Å². The summed E-state index contributed by atoms with van der Waals surface area (Å²) in [7, 11) is 0. The van der Waals surface area contributed by atoms with Gasteiger partial charge >= 0.3 is 5.91 Å². The van der Waals surface area contributed by atoms with Crippen LogP contribution in [-0.2, 0) is 0 Å². The largest absolute Gasteiger partial charge is 0.334 e. The number of benzene rings is 2. The second kappa shape index (κ2) is 5.64. The highest BCUT2D eigenvalue weighted by molar-refractivity contribution is 9.10. The van der Waals surface area contributed by atoms with E-state index < -0.39 is 0 Å². The van der Waals surface area contributed by atoms with Crippen LogP contribution in [-0.4, -0.2) is 20.9 Å². The number of anilines is 1. The van der Waals surface area contributed by atoms with Crippen LogP contribution in [0.1, 0.15) is 10.6 Å². The first kappa shape index (κ1) is 14.2. The van der Waals surface area contributed by atoms with E-state index in [9.17, 15) is 4.79 Å². The van der Waals surface area contributed by atoms with E-state index in [1.54, 1.807) is 0 Å². The summed E-state index contributed by atoms with van der Waals surface area (Å²) >= 11 is 4.88. The number of imidazole rings is 1. The minimum atomic E-state index is -0.346. The molecule has 0 aliphatic rings. The highest BCUT2D eigenvalue weighted by Crippen LogP contribution is 2.27. The molecular weight excluding hydrogens is 378 g/mol. The Hall–Kier alpha value is -2.45. The molecular formula is C15H10BrN5OS. The number of nitrogens with one attached hydrogen (secondary N) is 3. The Bertz CT molecular complexity index is 992. The van der Waals surface area contributed by atoms with Gasteiger partial charge in [0, 0.05) is 4.47 Å². The number of H-pyrrole nitrogens is 1. The molecule has 0 saturated carbocycles. The Morgan fingerprint density at radius 1 is 1.13 bits per heavy atom. The number of aromatic nitrogens is 3. The van der Waals surface area contributed by atoms with Gasteiger partial charge in [-0.05, 0) is 30.3 Å². The minimum Gasteiger partial charge on any atom is -0.334 e. The summed E-state index contributed by atoms with van der Waals surface area (Å²) < 4.78 is 2.02. The number of aromatic amines is 1. The van der Waals surface area contributed by atoms with Crippen LogP contribution in [0.3, 0.4) is 0 Å². The number of carbonyl (C=O) groups is 1. The van der Waals surface area contributed by atoms with Crippen molar-refractivity contribution in [3.05, 3.63) is 52.8 Å². The van der Waals surface area contributed by atoms with Gasteiger partial charge in [-0.1, -0.05) is 39.4 Å². The number of carbonyl (C=O) groups excluding carboxylic acids is 1. The van der Waals surface area contributed by atoms with Gasteiger partial charge in [-0.25, -0.2) is 9.97 Å². The Morgan fingerprint density at radius 3 is 2.87 bits per heavy atom. The predicted molar refractivity (Wildman–Crippen MR) is 94.5 cm³/mol. The Morgan fingerprint density at radius 2 is 2.00 bits per heavy atom. The Kier molecular flexibility index (Phi) is 3.47. The van der Waals surface area contributed by atoms with Gasteiger partial charge in [0.25, 0.3) is 0 Å². The van der Waals surface area contributed by atoms with E-state index >= 15 is 0 Å². The number of amides is 1. The molecule has 0 aliphatic carbocycles. The summed E-state index contributed by atoms with van der Waals surface area (Å²) in [5.41, 5.74) is 7.88. The fourth-order valence-electron chi connectivity index (χ4n) is 2.18. The van der Waals surface area contributed by atoms with Gasteiger partial charge in [-0.15, -0.1) is 0 Å². The molecule has 3 N–H and O–H groups in total. The quantitative estimate of drug-likeness (QED) is 0.468. The zero-order valence-corrected chi connectivity index (χ0v) is 14.0. The fourth-order valence-corrected chi connectivity index (χ4v) is 3.55. The number of para-hydroxylation sites is 2. The molecule has 4 rings (SSSR count). The smallest absolute Gasteiger partial charge is 0.305 e. The van der Waals surface area contributed by atoms with E-state index in [1.165, 1.54) is 11.3 Å². The summed E-state index contributed by atoms with van der Waals surface area (Å²) in [4.78, 5) is 23.8. The van der Waals surface area contributed by atoms with Crippen LogP contribution in [0.25, 0.3) is 21.3 Å². The van der Waals surface area contributed by atoms with E-state index in [-0.39, 0.29) is 11.7 Å². The molecule has 114 valence electrons. The van der Waals surface area contributed by atoms with Crippen LogP contribution >= 0.6 is 27.3 Å². The minimum absolute atomic E-state index is 0.252. The normalized spacial score (nSPS) is 11.0. The number of nitrogens with zero attached hydrogens (tertiary/aromatic N) is 2. The molecule has 6 nitrogen and oxygen atoms in total. The summed E-state index contributed by atoms with van der Waals surface area (Å²) in [5.74, 6) is -0.0933. The average molecular weight is 388 g/mol. The predicted octanol–water partition coefficient (Wildman–Crippen LogP) is 3.69. The summed E-state index contributed by atoms with van der Waals surface area (Å²) in [5, 5.41) is 0.613. The lowest BCUT2D eigenvalue weighted by Crippen LogP contribution is -2.30. The van der Waals surface area contributed by atoms with Crippen LogP contribution < -0.4 is 10.9 Å². The molecule has 0 bridgehead atoms. The zero-order valence-electron chi connectivity index (χ0n) is 11.6. The molecule has 1 amide bonds. The van der Waals surface area contributed by atoms with Gasteiger partial charge in [0.05, 0.1) is 21.3 Å². The van der Waals surface area contributed by atoms with Crippen LogP contribution in [0.4, 0.5) is 5.13 Å². The first-order valence-corrected chi connectivity index (χ1v) is 8.37. The van der Waals surface area contributed by atoms with Gasteiger partial charge in [0.2, 0.25) is 5.13 Å². The standard InChI is InChI=1S/C15H10BrN5OS/c16-8-5-6-11-12(7-8)23-15(19-11)21-20-14(22)13-17-9-3-1-2-4-10(9)18-13/h1-7H,(H,17,18)(H,19,21)(H,20,22). The van der Waals surface area contributed by atoms with Gasteiger partial charge in [0.1, 0.15) is 0 Å². The zero-order chi connectivity index (χ0) is 15.8. The van der Waals surface area contributed by atoms with Crippen molar-refractivity contribution in [3.63, 3.8) is 0 Å². The molecule has 0 unspecified atom stereocenters. The number of rotatable bonds is 3. The molecule has 4 aromatic rings. The van der Waals surface area contributed by atoms with Crippen molar-refractivity contribution >= 4 is 59.6 Å². The maximum absolute atomic E-state index is 12.2. The Labute approximate surface area is 143 Å². The van der Waals surface area contributed by atoms with Crippen molar-refractivity contribution in [1.29, 1.82) is 0 Å². The third-order valence-corrected chi connectivity index (χ3v) is 4.66. The van der Waals surface area contributed by atoms with Crippen molar-refractivity contribution in [1.82, 2.24) is 20.4 Å². The highest BCUT2D eigenvalue weighted by Gasteiger charge is 2.12. The second-order valence-corrected chi connectivity index (χ2v) is 6.76. The maximum atomic E-state index is 12.2. The van der Waals surface area contributed by atoms with E-state index in [2.05, 4.69) is 41.7 Å². The van der Waals surface area contributed by atoms with E-state index in [4.69, 9.17) is 0 Å². The molecule has 2 aromatic heterocycles. The SMILES string of the molecule is O=C(NNc1nc2ccc(Br)cc2s1)c1nc2ccccc2[nH]1. The summed E-state index contributed by atoms with van der Waals surface area (Å²) in [6.07, 6.45) is 0. The monoisotopic (exact) mass is 387 g/mol. The molecule has 23 heavy (non-hydrogen) atoms. The van der Waals surface area contributed by atoms with Crippen molar-refractivity contribution in [2.45, 2.75) is 0 Å². The first-order valence-electron chi connectivity index (χ1n) is 6.76. The average Bonchev–Trinajstić information content (AvgIpc) is 3.15. The number of fused-ring (bicyclic) bond motifs is 2. The van der Waals surface area contributed by atoms with Crippen molar-refractivity contribution in [2.24, 2.45) is 0 Å². The van der Waals surface area contributed by atoms with Crippen molar-refractivity contribution < 1.29 is 4.79 Å². The maximum Gasteiger partial charge on any atom is 0.305 e. The Balaban J connectivity index is 1.51. The number of hydrazine groups is 1. The second-order valence-electron chi connectivity index (χ2n) is 4.81. The summed E-state index contributed by atoms with van der Waals surface area (Å²) in [6, 6.07) is 13.3. The fraction of sp³-hybridized carbons (Fsp3) is 0. The lowest BCUT2D eigenvalue weighted by atomic mass is 10.3. The molecule has 0 fully saturated rings. The molecule has 2 heterocycles. The van der Waals surface area contributed by atoms with Crippen molar-refractivity contribution in [2.75, 3.05) is 5.43 Å². The number of hydrogen-bond acceptors (Lipinski definition) is 5. The topological polar surface area (TPSA) is 82.7 Å². The molecule has 0 spiro atoms.